The third kappa shape index (κ3) is 4.42. The Morgan fingerprint density at radius 2 is 1.79 bits per heavy atom. The van der Waals surface area contributed by atoms with E-state index >= 15 is 0 Å². The van der Waals surface area contributed by atoms with Crippen LogP contribution in [0.3, 0.4) is 0 Å². The monoisotopic (exact) mass is 332 g/mol. The first-order valence-electron chi connectivity index (χ1n) is 8.65. The maximum Gasteiger partial charge on any atom is 0.233 e. The van der Waals surface area contributed by atoms with Gasteiger partial charge in [-0.3, -0.25) is 14.5 Å². The average molecular weight is 332 g/mol. The molecule has 3 atom stereocenters. The standard InChI is InChI=1S/C19H28N2O3/c1-14(16-9-6-5-7-10-16)13-17-15(2)18(22)20(19(17)23)11-8-12-21(3,4)24/h5-7,9-10,14-15,17H,8,11-13H2,1-4H3. The molecule has 0 N–H and O–H groups in total. The number of benzene rings is 1. The quantitative estimate of drug-likeness (QED) is 0.438. The molecule has 1 aliphatic rings. The van der Waals surface area contributed by atoms with Crippen LogP contribution >= 0.6 is 0 Å². The molecule has 1 fully saturated rings. The minimum Gasteiger partial charge on any atom is -0.633 e. The number of hydrogen-bond acceptors (Lipinski definition) is 3. The van der Waals surface area contributed by atoms with Gasteiger partial charge in [0.1, 0.15) is 0 Å². The Bertz CT molecular complexity index is 580. The van der Waals surface area contributed by atoms with E-state index in [-0.39, 0.29) is 29.6 Å². The van der Waals surface area contributed by atoms with Crippen molar-refractivity contribution in [2.24, 2.45) is 11.8 Å². The molecule has 1 heterocycles. The third-order valence-electron chi connectivity index (χ3n) is 4.90. The first kappa shape index (κ1) is 18.6. The minimum atomic E-state index is -0.403. The molecule has 0 spiro atoms. The van der Waals surface area contributed by atoms with Gasteiger partial charge >= 0.3 is 0 Å². The summed E-state index contributed by atoms with van der Waals surface area (Å²) in [5.74, 6) is -0.485. The topological polar surface area (TPSA) is 60.4 Å². The number of hydrogen-bond donors (Lipinski definition) is 0. The molecule has 0 saturated carbocycles. The van der Waals surface area contributed by atoms with Crippen LogP contribution in [0.4, 0.5) is 0 Å². The van der Waals surface area contributed by atoms with Gasteiger partial charge in [0.15, 0.2) is 0 Å². The lowest BCUT2D eigenvalue weighted by atomic mass is 9.85. The highest BCUT2D eigenvalue weighted by atomic mass is 16.5. The summed E-state index contributed by atoms with van der Waals surface area (Å²) in [5.41, 5.74) is 1.19. The molecule has 0 aliphatic carbocycles. The number of carbonyl (C=O) groups is 2. The molecule has 1 aromatic rings. The molecule has 24 heavy (non-hydrogen) atoms. The van der Waals surface area contributed by atoms with Crippen molar-refractivity contribution in [3.63, 3.8) is 0 Å². The van der Waals surface area contributed by atoms with E-state index in [1.165, 1.54) is 10.5 Å². The first-order chi connectivity index (χ1) is 11.2. The van der Waals surface area contributed by atoms with Crippen molar-refractivity contribution in [2.75, 3.05) is 27.2 Å². The number of carbonyl (C=O) groups excluding carboxylic acids is 2. The lowest BCUT2D eigenvalue weighted by molar-refractivity contribution is -0.840. The maximum atomic E-state index is 12.7. The van der Waals surface area contributed by atoms with Crippen LogP contribution in [0.5, 0.6) is 0 Å². The van der Waals surface area contributed by atoms with Crippen LogP contribution in [0.25, 0.3) is 0 Å². The van der Waals surface area contributed by atoms with Crippen molar-refractivity contribution in [2.45, 2.75) is 32.6 Å². The van der Waals surface area contributed by atoms with E-state index in [1.54, 1.807) is 14.1 Å². The lowest BCUT2D eigenvalue weighted by Crippen LogP contribution is -2.38. The van der Waals surface area contributed by atoms with Gasteiger partial charge in [-0.05, 0) is 17.9 Å². The van der Waals surface area contributed by atoms with Gasteiger partial charge in [0.25, 0.3) is 0 Å². The molecule has 1 aromatic carbocycles. The smallest absolute Gasteiger partial charge is 0.233 e. The number of nitrogens with zero attached hydrogens (tertiary/aromatic N) is 2. The number of quaternary nitrogens is 1. The second kappa shape index (κ2) is 7.45. The Labute approximate surface area is 144 Å². The normalized spacial score (nSPS) is 23.0. The Kier molecular flexibility index (Phi) is 5.78. The Hall–Kier alpha value is -1.72. The molecular formula is C19H28N2O3. The fourth-order valence-electron chi connectivity index (χ4n) is 3.37. The summed E-state index contributed by atoms with van der Waals surface area (Å²) >= 11 is 0. The number of amides is 2. The van der Waals surface area contributed by atoms with E-state index in [4.69, 9.17) is 0 Å². The second-order valence-electron chi connectivity index (χ2n) is 7.42. The van der Waals surface area contributed by atoms with Crippen molar-refractivity contribution in [1.82, 2.24) is 4.90 Å². The summed E-state index contributed by atoms with van der Waals surface area (Å²) in [5, 5.41) is 11.6. The van der Waals surface area contributed by atoms with E-state index in [1.807, 2.05) is 25.1 Å². The molecule has 1 aliphatic heterocycles. The van der Waals surface area contributed by atoms with Crippen LogP contribution in [0.2, 0.25) is 0 Å². The molecule has 2 amide bonds. The minimum absolute atomic E-state index is 0.0773. The molecule has 3 unspecified atom stereocenters. The van der Waals surface area contributed by atoms with Crippen LogP contribution in [0.15, 0.2) is 30.3 Å². The zero-order valence-corrected chi connectivity index (χ0v) is 15.1. The van der Waals surface area contributed by atoms with E-state index in [0.717, 1.165) is 0 Å². The second-order valence-corrected chi connectivity index (χ2v) is 7.42. The van der Waals surface area contributed by atoms with Crippen molar-refractivity contribution < 1.29 is 14.2 Å². The molecule has 0 bridgehead atoms. The summed E-state index contributed by atoms with van der Waals surface area (Å²) < 4.78 is -0.403. The Morgan fingerprint density at radius 1 is 1.17 bits per heavy atom. The van der Waals surface area contributed by atoms with E-state index < -0.39 is 4.65 Å². The summed E-state index contributed by atoms with van der Waals surface area (Å²) in [7, 11) is 3.14. The van der Waals surface area contributed by atoms with Crippen molar-refractivity contribution in [1.29, 1.82) is 0 Å². The summed E-state index contributed by atoms with van der Waals surface area (Å²) in [4.78, 5) is 26.5. The molecule has 0 radical (unpaired) electrons. The maximum absolute atomic E-state index is 12.7. The van der Waals surface area contributed by atoms with Crippen LogP contribution < -0.4 is 0 Å². The molecule has 1 saturated heterocycles. The summed E-state index contributed by atoms with van der Waals surface area (Å²) in [6.45, 7) is 4.69. The largest absolute Gasteiger partial charge is 0.633 e. The van der Waals surface area contributed by atoms with Crippen molar-refractivity contribution in [3.8, 4) is 0 Å². The van der Waals surface area contributed by atoms with Crippen molar-refractivity contribution in [3.05, 3.63) is 41.1 Å². The first-order valence-corrected chi connectivity index (χ1v) is 8.65. The van der Waals surface area contributed by atoms with E-state index in [0.29, 0.717) is 25.9 Å². The molecular weight excluding hydrogens is 304 g/mol. The van der Waals surface area contributed by atoms with E-state index in [2.05, 4.69) is 19.1 Å². The highest BCUT2D eigenvalue weighted by Crippen LogP contribution is 2.34. The Morgan fingerprint density at radius 3 is 2.38 bits per heavy atom. The lowest BCUT2D eigenvalue weighted by Gasteiger charge is -2.34. The molecule has 132 valence electrons. The SMILES string of the molecule is CC(CC1C(=O)N(CCC[N+](C)(C)[O-])C(=O)C1C)c1ccccc1. The van der Waals surface area contributed by atoms with E-state index in [9.17, 15) is 14.8 Å². The molecule has 5 nitrogen and oxygen atoms in total. The van der Waals surface area contributed by atoms with Gasteiger partial charge in [-0.25, -0.2) is 0 Å². The average Bonchev–Trinajstić information content (AvgIpc) is 2.72. The van der Waals surface area contributed by atoms with Gasteiger partial charge in [-0.1, -0.05) is 44.2 Å². The molecule has 5 heteroatoms. The van der Waals surface area contributed by atoms with Crippen LogP contribution in [0, 0.1) is 17.0 Å². The fraction of sp³-hybridized carbons (Fsp3) is 0.579. The van der Waals surface area contributed by atoms with Crippen molar-refractivity contribution >= 4 is 11.8 Å². The zero-order chi connectivity index (χ0) is 17.9. The number of hydroxylamine groups is 3. The number of rotatable bonds is 7. The highest BCUT2D eigenvalue weighted by molar-refractivity contribution is 6.04. The summed E-state index contributed by atoms with van der Waals surface area (Å²) in [6.07, 6.45) is 1.22. The van der Waals surface area contributed by atoms with Gasteiger partial charge in [0.2, 0.25) is 11.8 Å². The number of imide groups is 1. The van der Waals surface area contributed by atoms with Crippen LogP contribution in [0.1, 0.15) is 38.2 Å². The van der Waals surface area contributed by atoms with Gasteiger partial charge in [-0.15, -0.1) is 0 Å². The predicted octanol–water partition coefficient (Wildman–Crippen LogP) is 2.77. The third-order valence-corrected chi connectivity index (χ3v) is 4.90. The van der Waals surface area contributed by atoms with Gasteiger partial charge < -0.3 is 9.85 Å². The number of likely N-dealkylation sites (tertiary alicyclic amines) is 1. The van der Waals surface area contributed by atoms with Gasteiger partial charge in [-0.2, -0.15) is 0 Å². The van der Waals surface area contributed by atoms with Crippen LogP contribution in [-0.4, -0.2) is 48.5 Å². The predicted molar refractivity (Wildman–Crippen MR) is 93.8 cm³/mol. The van der Waals surface area contributed by atoms with Gasteiger partial charge in [0, 0.05) is 18.9 Å². The Balaban J connectivity index is 1.99. The highest BCUT2D eigenvalue weighted by Gasteiger charge is 2.44. The van der Waals surface area contributed by atoms with Crippen LogP contribution in [-0.2, 0) is 9.59 Å². The van der Waals surface area contributed by atoms with Gasteiger partial charge in [0.05, 0.1) is 26.6 Å². The molecule has 2 rings (SSSR count). The zero-order valence-electron chi connectivity index (χ0n) is 15.1. The summed E-state index contributed by atoms with van der Waals surface area (Å²) in [6, 6.07) is 10.1. The fourth-order valence-corrected chi connectivity index (χ4v) is 3.37. The molecule has 0 aromatic heterocycles.